The van der Waals surface area contributed by atoms with Gasteiger partial charge in [-0.1, -0.05) is 12.1 Å². The first-order chi connectivity index (χ1) is 10.6. The molecule has 0 aliphatic carbocycles. The lowest BCUT2D eigenvalue weighted by Gasteiger charge is -2.15. The summed E-state index contributed by atoms with van der Waals surface area (Å²) in [7, 11) is 0. The van der Waals surface area contributed by atoms with Crippen molar-refractivity contribution in [1.82, 2.24) is 4.98 Å². The first kappa shape index (κ1) is 12.8. The third-order valence-corrected chi connectivity index (χ3v) is 3.89. The van der Waals surface area contributed by atoms with Gasteiger partial charge in [-0.3, -0.25) is 9.59 Å². The number of amides is 2. The van der Waals surface area contributed by atoms with Crippen LogP contribution in [-0.4, -0.2) is 16.8 Å². The first-order valence-corrected chi connectivity index (χ1v) is 6.83. The van der Waals surface area contributed by atoms with E-state index in [2.05, 4.69) is 4.98 Å². The van der Waals surface area contributed by atoms with Gasteiger partial charge in [0.15, 0.2) is 5.82 Å². The van der Waals surface area contributed by atoms with Gasteiger partial charge in [0.1, 0.15) is 0 Å². The molecule has 1 aliphatic heterocycles. The maximum Gasteiger partial charge on any atom is 0.266 e. The van der Waals surface area contributed by atoms with Gasteiger partial charge in [-0.15, -0.1) is 0 Å². The van der Waals surface area contributed by atoms with Crippen LogP contribution in [0.4, 0.5) is 10.1 Å². The Morgan fingerprint density at radius 3 is 2.27 bits per heavy atom. The summed E-state index contributed by atoms with van der Waals surface area (Å²) in [4.78, 5) is 28.8. The average Bonchev–Trinajstić information content (AvgIpc) is 3.01. The number of carbonyl (C=O) groups is 2. The highest BCUT2D eigenvalue weighted by Gasteiger charge is 2.37. The zero-order valence-electron chi connectivity index (χ0n) is 11.7. The van der Waals surface area contributed by atoms with Crippen LogP contribution in [0.5, 0.6) is 0 Å². The molecule has 2 amide bonds. The van der Waals surface area contributed by atoms with Crippen molar-refractivity contribution in [2.24, 2.45) is 0 Å². The maximum absolute atomic E-state index is 14.7. The summed E-state index contributed by atoms with van der Waals surface area (Å²) >= 11 is 0. The number of aromatic amines is 1. The van der Waals surface area contributed by atoms with Crippen molar-refractivity contribution in [3.8, 4) is 0 Å². The van der Waals surface area contributed by atoms with E-state index in [0.717, 1.165) is 10.6 Å². The molecule has 2 aromatic carbocycles. The second-order valence-electron chi connectivity index (χ2n) is 5.30. The molecule has 0 spiro atoms. The Morgan fingerprint density at radius 2 is 1.64 bits per heavy atom. The lowest BCUT2D eigenvalue weighted by atomic mass is 10.1. The minimum absolute atomic E-state index is 0.0160. The van der Waals surface area contributed by atoms with Crippen LogP contribution >= 0.6 is 0 Å². The smallest absolute Gasteiger partial charge is 0.266 e. The Hall–Kier alpha value is -2.95. The summed E-state index contributed by atoms with van der Waals surface area (Å²) in [6, 6.07) is 11.3. The standard InChI is InChI=1S/C17H11FN2O2/c1-9-8-12-13(19-9)6-7-14(15(12)18)20-16(21)10-4-2-3-5-11(10)17(20)22/h2-8,19H,1H3. The van der Waals surface area contributed by atoms with E-state index in [4.69, 9.17) is 0 Å². The van der Waals surface area contributed by atoms with Crippen LogP contribution in [0.2, 0.25) is 0 Å². The van der Waals surface area contributed by atoms with Crippen LogP contribution in [0, 0.1) is 12.7 Å². The minimum Gasteiger partial charge on any atom is -0.359 e. The lowest BCUT2D eigenvalue weighted by Crippen LogP contribution is -2.30. The molecule has 0 saturated heterocycles. The number of nitrogens with one attached hydrogen (secondary N) is 1. The van der Waals surface area contributed by atoms with Crippen LogP contribution in [0.15, 0.2) is 42.5 Å². The monoisotopic (exact) mass is 294 g/mol. The zero-order chi connectivity index (χ0) is 15.4. The van der Waals surface area contributed by atoms with E-state index in [9.17, 15) is 14.0 Å². The number of fused-ring (bicyclic) bond motifs is 2. The number of H-pyrrole nitrogens is 1. The van der Waals surface area contributed by atoms with Crippen LogP contribution < -0.4 is 4.90 Å². The van der Waals surface area contributed by atoms with Crippen LogP contribution in [0.3, 0.4) is 0 Å². The molecule has 22 heavy (non-hydrogen) atoms. The molecule has 4 rings (SSSR count). The highest BCUT2D eigenvalue weighted by molar-refractivity contribution is 6.34. The summed E-state index contributed by atoms with van der Waals surface area (Å²) in [5.74, 6) is -1.56. The molecule has 2 heterocycles. The predicted octanol–water partition coefficient (Wildman–Crippen LogP) is 3.42. The van der Waals surface area contributed by atoms with Gasteiger partial charge in [-0.25, -0.2) is 9.29 Å². The van der Waals surface area contributed by atoms with Crippen LogP contribution in [0.1, 0.15) is 26.4 Å². The van der Waals surface area contributed by atoms with Gasteiger partial charge < -0.3 is 4.98 Å². The van der Waals surface area contributed by atoms with Gasteiger partial charge in [-0.2, -0.15) is 0 Å². The third kappa shape index (κ3) is 1.56. The fraction of sp³-hybridized carbons (Fsp3) is 0.0588. The van der Waals surface area contributed by atoms with Crippen molar-refractivity contribution in [3.63, 3.8) is 0 Å². The maximum atomic E-state index is 14.7. The highest BCUT2D eigenvalue weighted by Crippen LogP contribution is 2.33. The molecule has 0 fully saturated rings. The molecule has 1 N–H and O–H groups in total. The topological polar surface area (TPSA) is 53.2 Å². The quantitative estimate of drug-likeness (QED) is 0.699. The number of aryl methyl sites for hydroxylation is 1. The summed E-state index contributed by atoms with van der Waals surface area (Å²) in [6.45, 7) is 1.82. The number of aromatic nitrogens is 1. The third-order valence-electron chi connectivity index (χ3n) is 3.89. The van der Waals surface area contributed by atoms with Crippen molar-refractivity contribution in [1.29, 1.82) is 0 Å². The van der Waals surface area contributed by atoms with E-state index < -0.39 is 17.6 Å². The van der Waals surface area contributed by atoms with Gasteiger partial charge in [-0.05, 0) is 37.3 Å². The summed E-state index contributed by atoms with van der Waals surface area (Å²) in [5.41, 5.74) is 2.04. The molecule has 3 aromatic rings. The number of hydrogen-bond acceptors (Lipinski definition) is 2. The highest BCUT2D eigenvalue weighted by atomic mass is 19.1. The van der Waals surface area contributed by atoms with Gasteiger partial charge in [0.2, 0.25) is 0 Å². The van der Waals surface area contributed by atoms with Gasteiger partial charge in [0, 0.05) is 16.6 Å². The molecule has 0 atom stereocenters. The number of benzene rings is 2. The van der Waals surface area contributed by atoms with Gasteiger partial charge in [0.05, 0.1) is 16.8 Å². The molecular weight excluding hydrogens is 283 g/mol. The Bertz CT molecular complexity index is 923. The molecule has 0 saturated carbocycles. The lowest BCUT2D eigenvalue weighted by molar-refractivity contribution is 0.0925. The number of imide groups is 1. The van der Waals surface area contributed by atoms with Gasteiger partial charge >= 0.3 is 0 Å². The Balaban J connectivity index is 1.92. The number of halogens is 1. The summed E-state index contributed by atoms with van der Waals surface area (Å²) in [6.07, 6.45) is 0. The molecule has 5 heteroatoms. The molecule has 0 unspecified atom stereocenters. The first-order valence-electron chi connectivity index (χ1n) is 6.83. The molecule has 108 valence electrons. The van der Waals surface area contributed by atoms with E-state index in [1.165, 1.54) is 6.07 Å². The Kier molecular flexibility index (Phi) is 2.48. The van der Waals surface area contributed by atoms with E-state index in [1.54, 1.807) is 36.4 Å². The average molecular weight is 294 g/mol. The van der Waals surface area contributed by atoms with E-state index in [1.807, 2.05) is 6.92 Å². The second kappa shape index (κ2) is 4.27. The van der Waals surface area contributed by atoms with Crippen molar-refractivity contribution in [3.05, 3.63) is 65.1 Å². The summed E-state index contributed by atoms with van der Waals surface area (Å²) < 4.78 is 14.7. The van der Waals surface area contributed by atoms with E-state index in [-0.39, 0.29) is 5.69 Å². The molecule has 1 aromatic heterocycles. The Morgan fingerprint density at radius 1 is 1.00 bits per heavy atom. The predicted molar refractivity (Wildman–Crippen MR) is 80.6 cm³/mol. The van der Waals surface area contributed by atoms with Gasteiger partial charge in [0.25, 0.3) is 11.8 Å². The normalized spacial score (nSPS) is 14.0. The molecule has 0 radical (unpaired) electrons. The largest absolute Gasteiger partial charge is 0.359 e. The van der Waals surface area contributed by atoms with E-state index >= 15 is 0 Å². The number of rotatable bonds is 1. The van der Waals surface area contributed by atoms with Crippen molar-refractivity contribution >= 4 is 28.4 Å². The molecular formula is C17H11FN2O2. The van der Waals surface area contributed by atoms with Crippen molar-refractivity contribution in [2.75, 3.05) is 4.90 Å². The number of carbonyl (C=O) groups excluding carboxylic acids is 2. The zero-order valence-corrected chi connectivity index (χ0v) is 11.7. The Labute approximate surface area is 125 Å². The van der Waals surface area contributed by atoms with Crippen LogP contribution in [0.25, 0.3) is 10.9 Å². The minimum atomic E-state index is -0.573. The van der Waals surface area contributed by atoms with Crippen molar-refractivity contribution in [2.45, 2.75) is 6.92 Å². The SMILES string of the molecule is Cc1cc2c(F)c(N3C(=O)c4ccccc4C3=O)ccc2[nH]1. The van der Waals surface area contributed by atoms with Crippen LogP contribution in [-0.2, 0) is 0 Å². The second-order valence-corrected chi connectivity index (χ2v) is 5.30. The molecule has 4 nitrogen and oxygen atoms in total. The van der Waals surface area contributed by atoms with Crippen molar-refractivity contribution < 1.29 is 14.0 Å². The molecule has 1 aliphatic rings. The number of hydrogen-bond donors (Lipinski definition) is 1. The fourth-order valence-electron chi connectivity index (χ4n) is 2.88. The number of anilines is 1. The van der Waals surface area contributed by atoms with E-state index in [0.29, 0.717) is 22.0 Å². The fourth-order valence-corrected chi connectivity index (χ4v) is 2.88. The summed E-state index contributed by atoms with van der Waals surface area (Å²) in [5, 5.41) is 0.367. The molecule has 0 bridgehead atoms. The number of nitrogens with zero attached hydrogens (tertiary/aromatic N) is 1.